The van der Waals surface area contributed by atoms with Crippen molar-refractivity contribution >= 4 is 17.1 Å². The summed E-state index contributed by atoms with van der Waals surface area (Å²) in [7, 11) is 0. The summed E-state index contributed by atoms with van der Waals surface area (Å²) in [6.45, 7) is 0. The van der Waals surface area contributed by atoms with Crippen molar-refractivity contribution in [3.63, 3.8) is 0 Å². The first-order valence-corrected chi connectivity index (χ1v) is 6.86. The lowest BCUT2D eigenvalue weighted by atomic mass is 9.93. The maximum absolute atomic E-state index is 11.6. The van der Waals surface area contributed by atoms with Gasteiger partial charge in [0.25, 0.3) is 5.91 Å². The van der Waals surface area contributed by atoms with Gasteiger partial charge in [-0.2, -0.15) is 5.10 Å². The average Bonchev–Trinajstić information content (AvgIpc) is 2.90. The zero-order valence-electron chi connectivity index (χ0n) is 11.1. The first kappa shape index (κ1) is 12.9. The number of aliphatic hydroxyl groups is 1. The van der Waals surface area contributed by atoms with Gasteiger partial charge in [0.05, 0.1) is 29.1 Å². The molecule has 3 rings (SSSR count). The van der Waals surface area contributed by atoms with Gasteiger partial charge in [-0.3, -0.25) is 4.79 Å². The normalized spacial score (nSPS) is 22.9. The molecule has 0 saturated heterocycles. The second-order valence-corrected chi connectivity index (χ2v) is 5.29. The van der Waals surface area contributed by atoms with Crippen molar-refractivity contribution in [3.05, 3.63) is 30.1 Å². The van der Waals surface area contributed by atoms with E-state index in [1.54, 1.807) is 4.52 Å². The monoisotopic (exact) mass is 274 g/mol. The van der Waals surface area contributed by atoms with Crippen LogP contribution in [0.1, 0.15) is 36.0 Å². The Morgan fingerprint density at radius 2 is 2.15 bits per heavy atom. The molecule has 0 atom stereocenters. The lowest BCUT2D eigenvalue weighted by Crippen LogP contribution is -2.29. The minimum Gasteiger partial charge on any atom is -0.393 e. The molecule has 2 aromatic heterocycles. The number of hydrogen-bond donors (Lipinski definition) is 3. The summed E-state index contributed by atoms with van der Waals surface area (Å²) in [6.07, 6.45) is 6.46. The highest BCUT2D eigenvalue weighted by atomic mass is 16.3. The molecule has 4 N–H and O–H groups in total. The van der Waals surface area contributed by atoms with Crippen molar-refractivity contribution in [1.82, 2.24) is 9.61 Å². The molecular weight excluding hydrogens is 256 g/mol. The minimum atomic E-state index is -0.487. The van der Waals surface area contributed by atoms with Crippen LogP contribution in [0.15, 0.2) is 24.5 Å². The van der Waals surface area contributed by atoms with Gasteiger partial charge in [-0.05, 0) is 37.8 Å². The first-order valence-electron chi connectivity index (χ1n) is 6.86. The van der Waals surface area contributed by atoms with Crippen molar-refractivity contribution < 1.29 is 9.90 Å². The van der Waals surface area contributed by atoms with Gasteiger partial charge in [0.1, 0.15) is 0 Å². The zero-order valence-corrected chi connectivity index (χ0v) is 11.1. The number of carbonyl (C=O) groups excluding carboxylic acids is 1. The van der Waals surface area contributed by atoms with Crippen LogP contribution in [-0.4, -0.2) is 32.8 Å². The summed E-state index contributed by atoms with van der Waals surface area (Å²) < 4.78 is 1.71. The van der Waals surface area contributed by atoms with Crippen molar-refractivity contribution in [2.45, 2.75) is 37.8 Å². The van der Waals surface area contributed by atoms with Gasteiger partial charge in [-0.1, -0.05) is 0 Å². The van der Waals surface area contributed by atoms with Crippen LogP contribution in [0, 0.1) is 0 Å². The fraction of sp³-hybridized carbons (Fsp3) is 0.429. The molecule has 1 amide bonds. The average molecular weight is 274 g/mol. The molecule has 1 fully saturated rings. The number of primary amides is 1. The van der Waals surface area contributed by atoms with Gasteiger partial charge >= 0.3 is 0 Å². The molecule has 0 unspecified atom stereocenters. The third-order valence-corrected chi connectivity index (χ3v) is 3.88. The predicted molar refractivity (Wildman–Crippen MR) is 75.6 cm³/mol. The fourth-order valence-corrected chi connectivity index (χ4v) is 2.76. The Morgan fingerprint density at radius 3 is 2.85 bits per heavy atom. The van der Waals surface area contributed by atoms with E-state index in [1.807, 2.05) is 18.3 Å². The molecule has 1 aliphatic rings. The summed E-state index contributed by atoms with van der Waals surface area (Å²) in [4.78, 5) is 11.6. The van der Waals surface area contributed by atoms with Crippen molar-refractivity contribution in [1.29, 1.82) is 0 Å². The van der Waals surface area contributed by atoms with Crippen molar-refractivity contribution in [2.75, 3.05) is 5.32 Å². The predicted octanol–water partition coefficient (Wildman–Crippen LogP) is 1.15. The van der Waals surface area contributed by atoms with Crippen LogP contribution < -0.4 is 11.1 Å². The van der Waals surface area contributed by atoms with E-state index in [2.05, 4.69) is 10.4 Å². The Hall–Kier alpha value is -2.08. The zero-order chi connectivity index (χ0) is 14.1. The number of amides is 1. The standard InChI is InChI=1S/C14H18N4O2/c15-14(20)11-8-16-18-7-1-2-12(18)13(11)17-9-3-5-10(19)6-4-9/h1-2,7-10,17,19H,3-6H2,(H2,15,20). The second-order valence-electron chi connectivity index (χ2n) is 5.29. The van der Waals surface area contributed by atoms with Gasteiger partial charge in [0.2, 0.25) is 0 Å². The van der Waals surface area contributed by atoms with Crippen LogP contribution in [0.25, 0.3) is 5.52 Å². The maximum atomic E-state index is 11.6. The van der Waals surface area contributed by atoms with Crippen LogP contribution in [0.5, 0.6) is 0 Å². The van der Waals surface area contributed by atoms with E-state index >= 15 is 0 Å². The molecule has 20 heavy (non-hydrogen) atoms. The highest BCUT2D eigenvalue weighted by Gasteiger charge is 2.22. The molecular formula is C14H18N4O2. The number of aromatic nitrogens is 2. The number of nitrogens with one attached hydrogen (secondary N) is 1. The van der Waals surface area contributed by atoms with Gasteiger partial charge < -0.3 is 16.2 Å². The molecule has 106 valence electrons. The number of anilines is 1. The molecule has 0 aromatic carbocycles. The molecule has 1 aliphatic carbocycles. The fourth-order valence-electron chi connectivity index (χ4n) is 2.76. The van der Waals surface area contributed by atoms with E-state index in [1.165, 1.54) is 6.20 Å². The van der Waals surface area contributed by atoms with Crippen LogP contribution in [0.3, 0.4) is 0 Å². The Labute approximate surface area is 116 Å². The molecule has 0 radical (unpaired) electrons. The van der Waals surface area contributed by atoms with Crippen LogP contribution >= 0.6 is 0 Å². The smallest absolute Gasteiger partial charge is 0.252 e. The Morgan fingerprint density at radius 1 is 1.40 bits per heavy atom. The summed E-state index contributed by atoms with van der Waals surface area (Å²) in [5.41, 5.74) is 7.41. The number of nitrogens with two attached hydrogens (primary N) is 1. The molecule has 2 aromatic rings. The van der Waals surface area contributed by atoms with Crippen LogP contribution in [-0.2, 0) is 0 Å². The second kappa shape index (κ2) is 5.13. The van der Waals surface area contributed by atoms with Crippen LogP contribution in [0.2, 0.25) is 0 Å². The first-order chi connectivity index (χ1) is 9.65. The topological polar surface area (TPSA) is 92.7 Å². The maximum Gasteiger partial charge on any atom is 0.252 e. The molecule has 1 saturated carbocycles. The summed E-state index contributed by atoms with van der Waals surface area (Å²) in [5.74, 6) is -0.487. The molecule has 0 aliphatic heterocycles. The van der Waals surface area contributed by atoms with E-state index in [0.717, 1.165) is 36.9 Å². The van der Waals surface area contributed by atoms with Crippen molar-refractivity contribution in [2.24, 2.45) is 5.73 Å². The van der Waals surface area contributed by atoms with E-state index < -0.39 is 5.91 Å². The molecule has 0 spiro atoms. The highest BCUT2D eigenvalue weighted by molar-refractivity contribution is 6.01. The highest BCUT2D eigenvalue weighted by Crippen LogP contribution is 2.27. The van der Waals surface area contributed by atoms with Gasteiger partial charge in [-0.25, -0.2) is 4.52 Å². The molecule has 6 heteroatoms. The van der Waals surface area contributed by atoms with E-state index in [0.29, 0.717) is 5.56 Å². The number of aliphatic hydroxyl groups excluding tert-OH is 1. The molecule has 6 nitrogen and oxygen atoms in total. The Kier molecular flexibility index (Phi) is 3.31. The van der Waals surface area contributed by atoms with Crippen LogP contribution in [0.4, 0.5) is 5.69 Å². The number of hydrogen-bond acceptors (Lipinski definition) is 4. The largest absolute Gasteiger partial charge is 0.393 e. The Bertz CT molecular complexity index is 629. The SMILES string of the molecule is NC(=O)c1cnn2cccc2c1NC1CCC(O)CC1. The minimum absolute atomic E-state index is 0.200. The summed E-state index contributed by atoms with van der Waals surface area (Å²) in [6, 6.07) is 4.03. The van der Waals surface area contributed by atoms with E-state index in [9.17, 15) is 9.90 Å². The number of nitrogens with zero attached hydrogens (tertiary/aromatic N) is 2. The van der Waals surface area contributed by atoms with E-state index in [-0.39, 0.29) is 12.1 Å². The van der Waals surface area contributed by atoms with Gasteiger partial charge in [0.15, 0.2) is 0 Å². The lowest BCUT2D eigenvalue weighted by molar-refractivity contribution is 0.1000. The van der Waals surface area contributed by atoms with E-state index in [4.69, 9.17) is 5.73 Å². The summed E-state index contributed by atoms with van der Waals surface area (Å²) >= 11 is 0. The third-order valence-electron chi connectivity index (χ3n) is 3.88. The number of carbonyl (C=O) groups is 1. The quantitative estimate of drug-likeness (QED) is 0.782. The number of fused-ring (bicyclic) bond motifs is 1. The van der Waals surface area contributed by atoms with Crippen molar-refractivity contribution in [3.8, 4) is 0 Å². The van der Waals surface area contributed by atoms with Gasteiger partial charge in [0, 0.05) is 12.2 Å². The molecule has 2 heterocycles. The number of rotatable bonds is 3. The Balaban J connectivity index is 1.94. The molecule has 0 bridgehead atoms. The lowest BCUT2D eigenvalue weighted by Gasteiger charge is -2.27. The summed E-state index contributed by atoms with van der Waals surface area (Å²) in [5, 5.41) is 17.1. The third kappa shape index (κ3) is 2.34. The van der Waals surface area contributed by atoms with Gasteiger partial charge in [-0.15, -0.1) is 0 Å².